The monoisotopic (exact) mass is 438 g/mol. The Bertz CT molecular complexity index is 1200. The fraction of sp³-hybridized carbons (Fsp3) is 0.300. The minimum Gasteiger partial charge on any atom is -0.489 e. The number of fused-ring (bicyclic) bond motifs is 2. The van der Waals surface area contributed by atoms with Gasteiger partial charge in [-0.2, -0.15) is 0 Å². The summed E-state index contributed by atoms with van der Waals surface area (Å²) in [6.07, 6.45) is 4.72. The largest absolute Gasteiger partial charge is 0.489 e. The van der Waals surface area contributed by atoms with Crippen LogP contribution >= 0.6 is 0 Å². The standard InChI is InChI=1S/C30H30O3/c1-2-30(31)33-29-14-8-7-13-27(29)21-15-17-24(18-16-21)32-20-28-25-11-5-3-9-22(25)19-23-10-4-6-12-26(23)28/h3-6,9-12,15-19,27,29H,2,7-8,13-14,20H2,1H3. The van der Waals surface area contributed by atoms with Crippen LogP contribution in [0.1, 0.15) is 56.1 Å². The third kappa shape index (κ3) is 4.59. The van der Waals surface area contributed by atoms with Gasteiger partial charge in [-0.3, -0.25) is 4.79 Å². The molecule has 1 aliphatic rings. The van der Waals surface area contributed by atoms with Crippen LogP contribution in [-0.4, -0.2) is 12.1 Å². The van der Waals surface area contributed by atoms with E-state index >= 15 is 0 Å². The zero-order valence-corrected chi connectivity index (χ0v) is 19.1. The van der Waals surface area contributed by atoms with Gasteiger partial charge in [0.2, 0.25) is 0 Å². The Morgan fingerprint density at radius 3 is 2.15 bits per heavy atom. The van der Waals surface area contributed by atoms with Crippen LogP contribution < -0.4 is 4.74 Å². The minimum absolute atomic E-state index is 0.0139. The van der Waals surface area contributed by atoms with E-state index in [1.54, 1.807) is 0 Å². The Morgan fingerprint density at radius 1 is 0.848 bits per heavy atom. The summed E-state index contributed by atoms with van der Waals surface area (Å²) in [4.78, 5) is 11.9. The molecule has 3 heteroatoms. The Kier molecular flexibility index (Phi) is 6.30. The fourth-order valence-electron chi connectivity index (χ4n) is 5.10. The summed E-state index contributed by atoms with van der Waals surface area (Å²) >= 11 is 0. The lowest BCUT2D eigenvalue weighted by atomic mass is 9.81. The van der Waals surface area contributed by atoms with Crippen molar-refractivity contribution >= 4 is 27.5 Å². The van der Waals surface area contributed by atoms with E-state index < -0.39 is 0 Å². The molecule has 0 spiro atoms. The van der Waals surface area contributed by atoms with Gasteiger partial charge in [-0.25, -0.2) is 0 Å². The molecular weight excluding hydrogens is 408 g/mol. The molecule has 5 rings (SSSR count). The second-order valence-electron chi connectivity index (χ2n) is 8.93. The van der Waals surface area contributed by atoms with Crippen LogP contribution in [0.2, 0.25) is 0 Å². The molecule has 0 amide bonds. The molecule has 1 aliphatic carbocycles. The highest BCUT2D eigenvalue weighted by atomic mass is 16.5. The van der Waals surface area contributed by atoms with Crippen LogP contribution in [0, 0.1) is 0 Å². The molecule has 0 bridgehead atoms. The molecule has 168 valence electrons. The lowest BCUT2D eigenvalue weighted by Crippen LogP contribution is -2.28. The van der Waals surface area contributed by atoms with Crippen LogP contribution in [0.4, 0.5) is 0 Å². The third-order valence-corrected chi connectivity index (χ3v) is 6.85. The van der Waals surface area contributed by atoms with E-state index in [9.17, 15) is 4.79 Å². The molecule has 0 heterocycles. The van der Waals surface area contributed by atoms with Gasteiger partial charge in [0, 0.05) is 17.9 Å². The predicted octanol–water partition coefficient (Wildman–Crippen LogP) is 7.55. The zero-order chi connectivity index (χ0) is 22.6. The lowest BCUT2D eigenvalue weighted by molar-refractivity contribution is -0.151. The quantitative estimate of drug-likeness (QED) is 0.230. The van der Waals surface area contributed by atoms with Crippen molar-refractivity contribution in [3.8, 4) is 5.75 Å². The van der Waals surface area contributed by atoms with E-state index in [2.05, 4.69) is 78.9 Å². The average Bonchev–Trinajstić information content (AvgIpc) is 2.87. The second-order valence-corrected chi connectivity index (χ2v) is 8.93. The van der Waals surface area contributed by atoms with Crippen LogP contribution in [0.3, 0.4) is 0 Å². The first-order chi connectivity index (χ1) is 16.2. The topological polar surface area (TPSA) is 35.5 Å². The van der Waals surface area contributed by atoms with E-state index in [0.29, 0.717) is 13.0 Å². The van der Waals surface area contributed by atoms with Gasteiger partial charge in [0.05, 0.1) is 0 Å². The molecule has 4 aromatic carbocycles. The zero-order valence-electron chi connectivity index (χ0n) is 19.1. The molecule has 0 saturated heterocycles. The first kappa shape index (κ1) is 21.5. The van der Waals surface area contributed by atoms with Gasteiger partial charge in [-0.1, -0.05) is 74.0 Å². The molecule has 33 heavy (non-hydrogen) atoms. The smallest absolute Gasteiger partial charge is 0.305 e. The summed E-state index contributed by atoms with van der Waals surface area (Å²) in [5.74, 6) is 1.02. The summed E-state index contributed by atoms with van der Waals surface area (Å²) in [5.41, 5.74) is 2.44. The van der Waals surface area contributed by atoms with Crippen molar-refractivity contribution in [1.29, 1.82) is 0 Å². The van der Waals surface area contributed by atoms with Crippen molar-refractivity contribution in [2.45, 2.75) is 57.7 Å². The molecule has 4 aromatic rings. The highest BCUT2D eigenvalue weighted by Crippen LogP contribution is 2.36. The summed E-state index contributed by atoms with van der Waals surface area (Å²) in [6.45, 7) is 2.37. The van der Waals surface area contributed by atoms with Gasteiger partial charge in [0.15, 0.2) is 0 Å². The van der Waals surface area contributed by atoms with Crippen LogP contribution in [-0.2, 0) is 16.1 Å². The van der Waals surface area contributed by atoms with Crippen molar-refractivity contribution in [2.24, 2.45) is 0 Å². The third-order valence-electron chi connectivity index (χ3n) is 6.85. The number of carbonyl (C=O) groups excluding carboxylic acids is 1. The number of benzene rings is 4. The highest BCUT2D eigenvalue weighted by molar-refractivity contribution is 6.02. The Balaban J connectivity index is 1.36. The molecule has 1 fully saturated rings. The van der Waals surface area contributed by atoms with Crippen LogP contribution in [0.25, 0.3) is 21.5 Å². The summed E-state index contributed by atoms with van der Waals surface area (Å²) in [6, 6.07) is 27.6. The summed E-state index contributed by atoms with van der Waals surface area (Å²) < 4.78 is 12.0. The maximum absolute atomic E-state index is 11.9. The van der Waals surface area contributed by atoms with Crippen molar-refractivity contribution in [3.63, 3.8) is 0 Å². The van der Waals surface area contributed by atoms with E-state index in [-0.39, 0.29) is 18.0 Å². The Labute approximate surface area is 195 Å². The van der Waals surface area contributed by atoms with E-state index in [0.717, 1.165) is 25.0 Å². The highest BCUT2D eigenvalue weighted by Gasteiger charge is 2.29. The summed E-state index contributed by atoms with van der Waals surface area (Å²) in [5, 5.41) is 4.93. The fourth-order valence-corrected chi connectivity index (χ4v) is 5.10. The normalized spacial score (nSPS) is 18.3. The molecule has 2 atom stereocenters. The molecule has 0 aliphatic heterocycles. The van der Waals surface area contributed by atoms with Gasteiger partial charge in [-0.15, -0.1) is 0 Å². The first-order valence-corrected chi connectivity index (χ1v) is 12.0. The van der Waals surface area contributed by atoms with Gasteiger partial charge in [0.25, 0.3) is 0 Å². The van der Waals surface area contributed by atoms with Crippen LogP contribution in [0.15, 0.2) is 78.9 Å². The number of esters is 1. The molecule has 0 aromatic heterocycles. The van der Waals surface area contributed by atoms with Crippen molar-refractivity contribution in [1.82, 2.24) is 0 Å². The van der Waals surface area contributed by atoms with Crippen molar-refractivity contribution < 1.29 is 14.3 Å². The maximum atomic E-state index is 11.9. The average molecular weight is 439 g/mol. The van der Waals surface area contributed by atoms with E-state index in [1.807, 2.05) is 6.92 Å². The van der Waals surface area contributed by atoms with Crippen molar-refractivity contribution in [2.75, 3.05) is 0 Å². The molecule has 2 unspecified atom stereocenters. The number of ether oxygens (including phenoxy) is 2. The SMILES string of the molecule is CCC(=O)OC1CCCCC1c1ccc(OCc2c3ccccc3cc3ccccc23)cc1. The number of carbonyl (C=O) groups is 1. The van der Waals surface area contributed by atoms with E-state index in [1.165, 1.54) is 39.1 Å². The maximum Gasteiger partial charge on any atom is 0.305 e. The molecular formula is C30H30O3. The van der Waals surface area contributed by atoms with Gasteiger partial charge in [-0.05, 0) is 64.6 Å². The molecule has 0 N–H and O–H groups in total. The summed E-state index contributed by atoms with van der Waals surface area (Å²) in [7, 11) is 0. The van der Waals surface area contributed by atoms with E-state index in [4.69, 9.17) is 9.47 Å². The predicted molar refractivity (Wildman–Crippen MR) is 134 cm³/mol. The van der Waals surface area contributed by atoms with Crippen molar-refractivity contribution in [3.05, 3.63) is 90.0 Å². The van der Waals surface area contributed by atoms with Gasteiger partial charge >= 0.3 is 5.97 Å². The number of hydrogen-bond donors (Lipinski definition) is 0. The minimum atomic E-state index is -0.103. The van der Waals surface area contributed by atoms with Gasteiger partial charge in [0.1, 0.15) is 18.5 Å². The number of hydrogen-bond acceptors (Lipinski definition) is 3. The number of rotatable bonds is 6. The molecule has 1 saturated carbocycles. The van der Waals surface area contributed by atoms with Gasteiger partial charge < -0.3 is 9.47 Å². The molecule has 0 radical (unpaired) electrons. The Morgan fingerprint density at radius 2 is 1.48 bits per heavy atom. The van der Waals surface area contributed by atoms with Crippen LogP contribution in [0.5, 0.6) is 5.75 Å². The second kappa shape index (κ2) is 9.66. The molecule has 3 nitrogen and oxygen atoms in total. The lowest BCUT2D eigenvalue weighted by Gasteiger charge is -2.31. The Hall–Kier alpha value is -3.33. The first-order valence-electron chi connectivity index (χ1n) is 12.0.